The van der Waals surface area contributed by atoms with Crippen molar-refractivity contribution in [1.29, 1.82) is 0 Å². The van der Waals surface area contributed by atoms with Crippen LogP contribution in [0.3, 0.4) is 0 Å². The first-order valence-electron chi connectivity index (χ1n) is 6.77. The van der Waals surface area contributed by atoms with Crippen LogP contribution in [0.15, 0.2) is 12.3 Å². The number of nitrogens with two attached hydrogens (primary N) is 1. The zero-order chi connectivity index (χ0) is 14.0. The summed E-state index contributed by atoms with van der Waals surface area (Å²) in [6.45, 7) is 7.02. The van der Waals surface area contributed by atoms with Crippen molar-refractivity contribution in [2.24, 2.45) is 11.8 Å². The van der Waals surface area contributed by atoms with Crippen molar-refractivity contribution in [2.75, 3.05) is 12.0 Å². The molecule has 0 radical (unpaired) electrons. The van der Waals surface area contributed by atoms with Crippen molar-refractivity contribution in [1.82, 2.24) is 9.88 Å². The number of piperidine rings is 1. The Morgan fingerprint density at radius 1 is 1.53 bits per heavy atom. The molecule has 2 unspecified atom stereocenters. The van der Waals surface area contributed by atoms with Gasteiger partial charge in [-0.05, 0) is 38.7 Å². The summed E-state index contributed by atoms with van der Waals surface area (Å²) in [5.41, 5.74) is 4.62. The Morgan fingerprint density at radius 3 is 2.89 bits per heavy atom. The second kappa shape index (κ2) is 5.57. The number of pyridine rings is 1. The van der Waals surface area contributed by atoms with Gasteiger partial charge in [-0.2, -0.15) is 0 Å². The maximum Gasteiger partial charge on any atom is 0.257 e. The fourth-order valence-electron chi connectivity index (χ4n) is 2.71. The van der Waals surface area contributed by atoms with Gasteiger partial charge in [0.25, 0.3) is 5.91 Å². The number of carbonyl (C=O) groups excluding carboxylic acids is 1. The maximum absolute atomic E-state index is 12.6. The number of rotatable bonds is 2. The van der Waals surface area contributed by atoms with Gasteiger partial charge >= 0.3 is 0 Å². The monoisotopic (exact) mass is 262 g/mol. The molecule has 5 heteroatoms. The fourth-order valence-corrected chi connectivity index (χ4v) is 2.71. The molecule has 0 aliphatic carbocycles. The number of aryl methyl sites for hydroxylation is 1. The molecule has 1 aromatic rings. The topological polar surface area (TPSA) is 71.2 Å². The first-order valence-corrected chi connectivity index (χ1v) is 6.77. The lowest BCUT2D eigenvalue weighted by Gasteiger charge is -2.36. The minimum Gasteiger partial charge on any atom is -0.336 e. The number of carbonyl (C=O) groups is 1. The van der Waals surface area contributed by atoms with E-state index in [1.165, 1.54) is 0 Å². The SMILES string of the molecule is Cc1cc(NN)c(C(=O)N2CCC(C)CC2C)cn1. The molecule has 3 N–H and O–H groups in total. The highest BCUT2D eigenvalue weighted by molar-refractivity contribution is 5.99. The molecular formula is C14H22N4O. The Labute approximate surface area is 114 Å². The summed E-state index contributed by atoms with van der Waals surface area (Å²) < 4.78 is 0. The Morgan fingerprint density at radius 2 is 2.26 bits per heavy atom. The van der Waals surface area contributed by atoms with E-state index in [2.05, 4.69) is 24.3 Å². The number of hydrogen-bond donors (Lipinski definition) is 2. The maximum atomic E-state index is 12.6. The predicted octanol–water partition coefficient (Wildman–Crippen LogP) is 1.94. The van der Waals surface area contributed by atoms with Crippen molar-refractivity contribution in [3.8, 4) is 0 Å². The van der Waals surface area contributed by atoms with Crippen molar-refractivity contribution in [3.05, 3.63) is 23.5 Å². The van der Waals surface area contributed by atoms with Gasteiger partial charge in [0, 0.05) is 24.5 Å². The average molecular weight is 262 g/mol. The number of likely N-dealkylation sites (tertiary alicyclic amines) is 1. The highest BCUT2D eigenvalue weighted by atomic mass is 16.2. The van der Waals surface area contributed by atoms with Crippen LogP contribution < -0.4 is 11.3 Å². The number of nitrogens with zero attached hydrogens (tertiary/aromatic N) is 2. The van der Waals surface area contributed by atoms with Crippen LogP contribution in [0.5, 0.6) is 0 Å². The Balaban J connectivity index is 2.24. The van der Waals surface area contributed by atoms with E-state index in [4.69, 9.17) is 5.84 Å². The lowest BCUT2D eigenvalue weighted by atomic mass is 9.93. The van der Waals surface area contributed by atoms with E-state index in [9.17, 15) is 4.79 Å². The second-order valence-corrected chi connectivity index (χ2v) is 5.49. The van der Waals surface area contributed by atoms with Crippen molar-refractivity contribution >= 4 is 11.6 Å². The van der Waals surface area contributed by atoms with Crippen molar-refractivity contribution < 1.29 is 4.79 Å². The van der Waals surface area contributed by atoms with Crippen LogP contribution in [-0.4, -0.2) is 28.4 Å². The molecule has 104 valence electrons. The Bertz CT molecular complexity index is 475. The quantitative estimate of drug-likeness (QED) is 0.631. The Hall–Kier alpha value is -1.62. The predicted molar refractivity (Wildman–Crippen MR) is 75.7 cm³/mol. The van der Waals surface area contributed by atoms with Crippen molar-refractivity contribution in [2.45, 2.75) is 39.7 Å². The molecule has 1 aromatic heterocycles. The van der Waals surface area contributed by atoms with E-state index in [0.717, 1.165) is 25.1 Å². The van der Waals surface area contributed by atoms with Crippen LogP contribution in [0, 0.1) is 12.8 Å². The van der Waals surface area contributed by atoms with E-state index >= 15 is 0 Å². The largest absolute Gasteiger partial charge is 0.336 e. The van der Waals surface area contributed by atoms with Gasteiger partial charge in [0.1, 0.15) is 0 Å². The molecule has 2 heterocycles. The van der Waals surface area contributed by atoms with E-state index < -0.39 is 0 Å². The van der Waals surface area contributed by atoms with E-state index in [0.29, 0.717) is 17.2 Å². The summed E-state index contributed by atoms with van der Waals surface area (Å²) in [4.78, 5) is 18.7. The van der Waals surface area contributed by atoms with Crippen LogP contribution in [-0.2, 0) is 0 Å². The van der Waals surface area contributed by atoms with Crippen LogP contribution in [0.1, 0.15) is 42.7 Å². The zero-order valence-corrected chi connectivity index (χ0v) is 11.8. The number of nitrogens with one attached hydrogen (secondary N) is 1. The average Bonchev–Trinajstić information content (AvgIpc) is 2.37. The van der Waals surface area contributed by atoms with Crippen LogP contribution in [0.2, 0.25) is 0 Å². The van der Waals surface area contributed by atoms with Gasteiger partial charge < -0.3 is 10.3 Å². The zero-order valence-electron chi connectivity index (χ0n) is 11.8. The van der Waals surface area contributed by atoms with Gasteiger partial charge in [-0.25, -0.2) is 0 Å². The van der Waals surface area contributed by atoms with E-state index in [1.54, 1.807) is 12.3 Å². The molecule has 1 saturated heterocycles. The third-order valence-corrected chi connectivity index (χ3v) is 3.83. The molecule has 0 bridgehead atoms. The number of hydrazine groups is 1. The lowest BCUT2D eigenvalue weighted by molar-refractivity contribution is 0.0589. The van der Waals surface area contributed by atoms with Gasteiger partial charge in [0.15, 0.2) is 0 Å². The first-order chi connectivity index (χ1) is 9.02. The van der Waals surface area contributed by atoms with Gasteiger partial charge in [0.05, 0.1) is 11.3 Å². The molecule has 0 aromatic carbocycles. The number of amides is 1. The summed E-state index contributed by atoms with van der Waals surface area (Å²) in [6.07, 6.45) is 3.72. The Kier molecular flexibility index (Phi) is 4.04. The molecule has 1 amide bonds. The molecule has 1 fully saturated rings. The summed E-state index contributed by atoms with van der Waals surface area (Å²) in [7, 11) is 0. The number of aromatic nitrogens is 1. The molecule has 2 atom stereocenters. The first kappa shape index (κ1) is 13.8. The number of nitrogen functional groups attached to an aromatic ring is 1. The molecule has 19 heavy (non-hydrogen) atoms. The van der Waals surface area contributed by atoms with Crippen LogP contribution in [0.4, 0.5) is 5.69 Å². The normalized spacial score (nSPS) is 23.3. The number of anilines is 1. The van der Waals surface area contributed by atoms with Gasteiger partial charge in [-0.1, -0.05) is 6.92 Å². The lowest BCUT2D eigenvalue weighted by Crippen LogP contribution is -2.44. The number of hydrogen-bond acceptors (Lipinski definition) is 4. The van der Waals surface area contributed by atoms with Crippen molar-refractivity contribution in [3.63, 3.8) is 0 Å². The minimum atomic E-state index is 0.0138. The molecule has 2 rings (SSSR count). The molecule has 5 nitrogen and oxygen atoms in total. The van der Waals surface area contributed by atoms with Crippen LogP contribution >= 0.6 is 0 Å². The minimum absolute atomic E-state index is 0.0138. The fraction of sp³-hybridized carbons (Fsp3) is 0.571. The summed E-state index contributed by atoms with van der Waals surface area (Å²) in [5.74, 6) is 6.19. The molecule has 0 saturated carbocycles. The van der Waals surface area contributed by atoms with Gasteiger partial charge in [0.2, 0.25) is 0 Å². The highest BCUT2D eigenvalue weighted by Gasteiger charge is 2.28. The second-order valence-electron chi connectivity index (χ2n) is 5.49. The van der Waals surface area contributed by atoms with Gasteiger partial charge in [-0.3, -0.25) is 15.6 Å². The van der Waals surface area contributed by atoms with Crippen LogP contribution in [0.25, 0.3) is 0 Å². The summed E-state index contributed by atoms with van der Waals surface area (Å²) in [6, 6.07) is 2.06. The van der Waals surface area contributed by atoms with E-state index in [-0.39, 0.29) is 11.9 Å². The molecule has 1 aliphatic heterocycles. The molecule has 1 aliphatic rings. The molecule has 0 spiro atoms. The third kappa shape index (κ3) is 2.87. The van der Waals surface area contributed by atoms with Gasteiger partial charge in [-0.15, -0.1) is 0 Å². The summed E-state index contributed by atoms with van der Waals surface area (Å²) >= 11 is 0. The summed E-state index contributed by atoms with van der Waals surface area (Å²) in [5, 5.41) is 0. The third-order valence-electron chi connectivity index (χ3n) is 3.83. The highest BCUT2D eigenvalue weighted by Crippen LogP contribution is 2.25. The smallest absolute Gasteiger partial charge is 0.257 e. The molecular weight excluding hydrogens is 240 g/mol. The standard InChI is InChI=1S/C14H22N4O/c1-9-4-5-18(11(3)6-9)14(19)12-8-16-10(2)7-13(12)17-15/h7-9,11H,4-6,15H2,1-3H3,(H,16,17). The van der Waals surface area contributed by atoms with E-state index in [1.807, 2.05) is 11.8 Å².